The van der Waals surface area contributed by atoms with Gasteiger partial charge in [-0.15, -0.1) is 0 Å². The van der Waals surface area contributed by atoms with E-state index in [1.165, 1.54) is 25.5 Å². The number of fused-ring (bicyclic) bond motifs is 3. The van der Waals surface area contributed by atoms with Gasteiger partial charge in [0.2, 0.25) is 0 Å². The number of hydrazone groups is 1. The van der Waals surface area contributed by atoms with E-state index in [9.17, 15) is 9.59 Å². The van der Waals surface area contributed by atoms with Gasteiger partial charge < -0.3 is 19.5 Å². The number of aliphatic carboxylic acids is 1. The molecule has 9 nitrogen and oxygen atoms in total. The Morgan fingerprint density at radius 2 is 2.04 bits per heavy atom. The van der Waals surface area contributed by atoms with Crippen LogP contribution in [0.15, 0.2) is 22.2 Å². The highest BCUT2D eigenvalue weighted by Crippen LogP contribution is 2.37. The van der Waals surface area contributed by atoms with Crippen molar-refractivity contribution in [3.05, 3.63) is 17.7 Å². The zero-order valence-corrected chi connectivity index (χ0v) is 12.4. The molecule has 23 heavy (non-hydrogen) atoms. The molecule has 2 heterocycles. The van der Waals surface area contributed by atoms with Crippen LogP contribution in [-0.2, 0) is 9.59 Å². The van der Waals surface area contributed by atoms with E-state index in [1.807, 2.05) is 0 Å². The molecule has 0 bridgehead atoms. The van der Waals surface area contributed by atoms with Crippen molar-refractivity contribution in [2.45, 2.75) is 12.5 Å². The average Bonchev–Trinajstić information content (AvgIpc) is 2.55. The summed E-state index contributed by atoms with van der Waals surface area (Å²) in [7, 11) is 3.02. The average molecular weight is 318 g/mol. The minimum absolute atomic E-state index is 0.362. The Balaban J connectivity index is 2.07. The zero-order chi connectivity index (χ0) is 16.6. The number of hydrogen-bond acceptors (Lipinski definition) is 7. The van der Waals surface area contributed by atoms with Crippen LogP contribution in [0, 0.1) is 0 Å². The quantitative estimate of drug-likeness (QED) is 0.826. The van der Waals surface area contributed by atoms with E-state index in [4.69, 9.17) is 14.6 Å². The number of ether oxygens (including phenoxy) is 2. The Morgan fingerprint density at radius 1 is 1.35 bits per heavy atom. The number of aliphatic imine (C=N–C) groups is 1. The molecule has 2 aliphatic heterocycles. The first-order valence-corrected chi connectivity index (χ1v) is 6.73. The number of carboxylic acid groups (broad SMARTS) is 1. The third-order valence-electron chi connectivity index (χ3n) is 3.59. The summed E-state index contributed by atoms with van der Waals surface area (Å²) in [4.78, 5) is 28.6. The minimum Gasteiger partial charge on any atom is -0.493 e. The fourth-order valence-corrected chi connectivity index (χ4v) is 2.48. The number of amides is 1. The second-order valence-electron chi connectivity index (χ2n) is 4.90. The monoisotopic (exact) mass is 318 g/mol. The van der Waals surface area contributed by atoms with Gasteiger partial charge in [0.05, 0.1) is 32.7 Å². The van der Waals surface area contributed by atoms with Gasteiger partial charge in [0.25, 0.3) is 5.91 Å². The molecule has 0 saturated carbocycles. The van der Waals surface area contributed by atoms with Crippen LogP contribution in [-0.4, -0.2) is 54.3 Å². The van der Waals surface area contributed by atoms with Gasteiger partial charge in [0.15, 0.2) is 17.3 Å². The topological polar surface area (TPSA) is 113 Å². The summed E-state index contributed by atoms with van der Waals surface area (Å²) in [6.45, 7) is 0. The van der Waals surface area contributed by atoms with Crippen LogP contribution in [0.4, 0.5) is 5.69 Å². The number of carbonyl (C=O) groups excluding carboxylic acids is 1. The number of nitrogens with one attached hydrogen (secondary N) is 1. The van der Waals surface area contributed by atoms with Crippen molar-refractivity contribution < 1.29 is 24.2 Å². The third-order valence-corrected chi connectivity index (χ3v) is 3.59. The van der Waals surface area contributed by atoms with E-state index in [0.717, 1.165) is 0 Å². The van der Waals surface area contributed by atoms with Crippen LogP contribution < -0.4 is 14.9 Å². The number of carboxylic acids is 1. The molecule has 1 unspecified atom stereocenters. The number of rotatable bonds is 4. The highest BCUT2D eigenvalue weighted by molar-refractivity contribution is 6.15. The molecule has 0 spiro atoms. The first-order valence-electron chi connectivity index (χ1n) is 6.73. The van der Waals surface area contributed by atoms with Gasteiger partial charge in [-0.25, -0.2) is 10.4 Å². The summed E-state index contributed by atoms with van der Waals surface area (Å²) in [6.07, 6.45) is 1.04. The maximum atomic E-state index is 11.9. The van der Waals surface area contributed by atoms with E-state index < -0.39 is 17.9 Å². The van der Waals surface area contributed by atoms with Crippen molar-refractivity contribution in [1.29, 1.82) is 0 Å². The number of benzene rings is 1. The first-order chi connectivity index (χ1) is 11.0. The van der Waals surface area contributed by atoms with Gasteiger partial charge in [-0.2, -0.15) is 5.10 Å². The lowest BCUT2D eigenvalue weighted by molar-refractivity contribution is -0.140. The maximum absolute atomic E-state index is 11.9. The molecule has 2 N–H and O–H groups in total. The number of nitrogens with zero attached hydrogens (tertiary/aromatic N) is 3. The van der Waals surface area contributed by atoms with Crippen LogP contribution in [0.25, 0.3) is 0 Å². The van der Waals surface area contributed by atoms with Crippen molar-refractivity contribution >= 4 is 29.7 Å². The van der Waals surface area contributed by atoms with Crippen molar-refractivity contribution in [2.24, 2.45) is 10.1 Å². The maximum Gasteiger partial charge on any atom is 0.306 e. The molecular weight excluding hydrogens is 304 g/mol. The van der Waals surface area contributed by atoms with Crippen molar-refractivity contribution in [3.8, 4) is 11.5 Å². The van der Waals surface area contributed by atoms with Crippen LogP contribution in [0.5, 0.6) is 11.5 Å². The van der Waals surface area contributed by atoms with E-state index in [0.29, 0.717) is 28.6 Å². The van der Waals surface area contributed by atoms with Crippen LogP contribution >= 0.6 is 0 Å². The predicted molar refractivity (Wildman–Crippen MR) is 80.3 cm³/mol. The summed E-state index contributed by atoms with van der Waals surface area (Å²) < 4.78 is 10.5. The van der Waals surface area contributed by atoms with Gasteiger partial charge in [-0.1, -0.05) is 0 Å². The lowest BCUT2D eigenvalue weighted by Gasteiger charge is -2.34. The second kappa shape index (κ2) is 5.59. The van der Waals surface area contributed by atoms with Gasteiger partial charge in [-0.05, 0) is 6.07 Å². The number of amidine groups is 1. The molecule has 1 atom stereocenters. The highest BCUT2D eigenvalue weighted by Gasteiger charge is 2.37. The molecule has 0 radical (unpaired) electrons. The molecule has 1 amide bonds. The Labute approximate surface area is 131 Å². The predicted octanol–water partition coefficient (Wildman–Crippen LogP) is 0.314. The van der Waals surface area contributed by atoms with Crippen molar-refractivity contribution in [1.82, 2.24) is 10.3 Å². The van der Waals surface area contributed by atoms with Crippen LogP contribution in [0.3, 0.4) is 0 Å². The molecule has 9 heteroatoms. The summed E-state index contributed by atoms with van der Waals surface area (Å²) in [5.74, 6) is -0.177. The Bertz CT molecular complexity index is 743. The molecule has 0 saturated heterocycles. The minimum atomic E-state index is -1.09. The Kier molecular flexibility index (Phi) is 3.61. The van der Waals surface area contributed by atoms with Gasteiger partial charge >= 0.3 is 5.97 Å². The molecule has 0 fully saturated rings. The van der Waals surface area contributed by atoms with E-state index in [2.05, 4.69) is 15.5 Å². The Morgan fingerprint density at radius 3 is 2.70 bits per heavy atom. The molecular formula is C14H14N4O5. The number of hydrogen-bond donors (Lipinski definition) is 2. The largest absolute Gasteiger partial charge is 0.493 e. The molecule has 1 aromatic rings. The summed E-state index contributed by atoms with van der Waals surface area (Å²) in [6, 6.07) is 2.46. The van der Waals surface area contributed by atoms with E-state index >= 15 is 0 Å². The van der Waals surface area contributed by atoms with Crippen molar-refractivity contribution in [2.75, 3.05) is 14.2 Å². The lowest BCUT2D eigenvalue weighted by atomic mass is 10.0. The summed E-state index contributed by atoms with van der Waals surface area (Å²) in [5, 5.41) is 13.0. The molecule has 120 valence electrons. The summed E-state index contributed by atoms with van der Waals surface area (Å²) >= 11 is 0. The van der Waals surface area contributed by atoms with Gasteiger partial charge in [-0.3, -0.25) is 9.59 Å². The molecule has 2 aliphatic rings. The van der Waals surface area contributed by atoms with Crippen LogP contribution in [0.2, 0.25) is 0 Å². The van der Waals surface area contributed by atoms with Gasteiger partial charge in [0.1, 0.15) is 6.04 Å². The van der Waals surface area contributed by atoms with Gasteiger partial charge in [0, 0.05) is 11.6 Å². The first kappa shape index (κ1) is 14.8. The summed E-state index contributed by atoms with van der Waals surface area (Å²) in [5.41, 5.74) is 3.55. The van der Waals surface area contributed by atoms with Crippen LogP contribution in [0.1, 0.15) is 12.0 Å². The Hall–Kier alpha value is -3.10. The van der Waals surface area contributed by atoms with E-state index in [1.54, 1.807) is 12.1 Å². The molecule has 1 aromatic carbocycles. The number of methoxy groups -OCH3 is 2. The van der Waals surface area contributed by atoms with E-state index in [-0.39, 0.29) is 6.42 Å². The smallest absolute Gasteiger partial charge is 0.306 e. The lowest BCUT2D eigenvalue weighted by Crippen LogP contribution is -2.54. The third kappa shape index (κ3) is 2.45. The number of carbonyl (C=O) groups is 2. The fraction of sp³-hybridized carbons (Fsp3) is 0.286. The fourth-order valence-electron chi connectivity index (χ4n) is 2.48. The molecule has 3 rings (SSSR count). The molecule has 0 aliphatic carbocycles. The second-order valence-corrected chi connectivity index (χ2v) is 4.90. The van der Waals surface area contributed by atoms with Crippen molar-refractivity contribution in [3.63, 3.8) is 0 Å². The molecule has 0 aromatic heterocycles. The highest BCUT2D eigenvalue weighted by atomic mass is 16.5. The zero-order valence-electron chi connectivity index (χ0n) is 12.4. The standard InChI is InChI=1S/C14H14N4O5/c1-22-10-3-7-8(4-11(10)23-2)15-6-18-9(5-12(19)20)14(21)17-16-13(7)18/h3-4,6,9H,5H2,1-2H3,(H,17,21)(H,19,20). The normalized spacial score (nSPS) is 18.5. The SMILES string of the molecule is COc1cc2c(cc1OC)C1=NNC(=O)C(CC(=O)O)N1C=N2.